The number of rotatable bonds is 5. The van der Waals surface area contributed by atoms with Crippen LogP contribution in [0.5, 0.6) is 0 Å². The zero-order chi connectivity index (χ0) is 7.11. The summed E-state index contributed by atoms with van der Waals surface area (Å²) >= 11 is 1.92. The van der Waals surface area contributed by atoms with Gasteiger partial charge < -0.3 is 5.32 Å². The second-order valence-electron chi connectivity index (χ2n) is 2.37. The third kappa shape index (κ3) is 6.19. The van der Waals surface area contributed by atoms with E-state index in [0.29, 0.717) is 0 Å². The second kappa shape index (κ2) is 6.43. The highest BCUT2D eigenvalue weighted by molar-refractivity contribution is 7.98. The highest BCUT2D eigenvalue weighted by Gasteiger charge is 1.97. The van der Waals surface area contributed by atoms with Gasteiger partial charge in [-0.15, -0.1) is 0 Å². The molecule has 0 heterocycles. The molecule has 0 amide bonds. The van der Waals surface area contributed by atoms with E-state index < -0.39 is 0 Å². The average molecular weight is 147 g/mol. The summed E-state index contributed by atoms with van der Waals surface area (Å²) in [5.41, 5.74) is 0. The van der Waals surface area contributed by atoms with Crippen molar-refractivity contribution in [1.29, 1.82) is 0 Å². The molecule has 0 radical (unpaired) electrons. The molecule has 0 spiro atoms. The minimum atomic E-state index is 0.819. The van der Waals surface area contributed by atoms with Crippen LogP contribution in [0, 0.1) is 5.92 Å². The van der Waals surface area contributed by atoms with Crippen molar-refractivity contribution in [2.45, 2.75) is 13.8 Å². The number of thioether (sulfide) groups is 1. The van der Waals surface area contributed by atoms with Crippen LogP contribution in [0.2, 0.25) is 0 Å². The van der Waals surface area contributed by atoms with Crippen molar-refractivity contribution < 1.29 is 0 Å². The molecule has 0 saturated heterocycles. The molecular formula is C7H17NS. The molecular weight excluding hydrogens is 130 g/mol. The first-order valence-corrected chi connectivity index (χ1v) is 4.90. The summed E-state index contributed by atoms with van der Waals surface area (Å²) < 4.78 is 0. The standard InChI is InChI=1S/C7H17NS/c1-4-8-5-7(2)6-9-3/h7-8H,4-6H2,1-3H3. The molecule has 0 aromatic rings. The Bertz CT molecular complexity index is 56.9. The molecule has 0 aliphatic rings. The SMILES string of the molecule is CCNCC(C)CSC. The smallest absolute Gasteiger partial charge is 0.00154 e. The predicted octanol–water partition coefficient (Wildman–Crippen LogP) is 1.59. The van der Waals surface area contributed by atoms with Crippen LogP contribution in [0.15, 0.2) is 0 Å². The zero-order valence-corrected chi connectivity index (χ0v) is 7.42. The molecule has 0 aromatic heterocycles. The summed E-state index contributed by atoms with van der Waals surface area (Å²) in [6.07, 6.45) is 2.16. The van der Waals surface area contributed by atoms with Gasteiger partial charge >= 0.3 is 0 Å². The largest absolute Gasteiger partial charge is 0.317 e. The fraction of sp³-hybridized carbons (Fsp3) is 1.00. The summed E-state index contributed by atoms with van der Waals surface area (Å²) in [4.78, 5) is 0. The van der Waals surface area contributed by atoms with Gasteiger partial charge in [-0.05, 0) is 31.0 Å². The highest BCUT2D eigenvalue weighted by atomic mass is 32.2. The van der Waals surface area contributed by atoms with Gasteiger partial charge in [-0.3, -0.25) is 0 Å². The molecule has 0 saturated carbocycles. The molecule has 0 aromatic carbocycles. The molecule has 1 atom stereocenters. The van der Waals surface area contributed by atoms with E-state index >= 15 is 0 Å². The van der Waals surface area contributed by atoms with Gasteiger partial charge in [0.2, 0.25) is 0 Å². The van der Waals surface area contributed by atoms with Gasteiger partial charge in [0.1, 0.15) is 0 Å². The fourth-order valence-electron chi connectivity index (χ4n) is 0.734. The summed E-state index contributed by atoms with van der Waals surface area (Å²) in [5.74, 6) is 2.09. The van der Waals surface area contributed by atoms with E-state index in [4.69, 9.17) is 0 Å². The molecule has 0 aliphatic heterocycles. The van der Waals surface area contributed by atoms with Gasteiger partial charge in [0.25, 0.3) is 0 Å². The number of hydrogen-bond donors (Lipinski definition) is 1. The van der Waals surface area contributed by atoms with Crippen molar-refractivity contribution in [1.82, 2.24) is 5.32 Å². The van der Waals surface area contributed by atoms with Crippen molar-refractivity contribution >= 4 is 11.8 Å². The Morgan fingerprint density at radius 1 is 1.56 bits per heavy atom. The van der Waals surface area contributed by atoms with Gasteiger partial charge in [-0.1, -0.05) is 13.8 Å². The summed E-state index contributed by atoms with van der Waals surface area (Å²) in [7, 11) is 0. The van der Waals surface area contributed by atoms with E-state index in [9.17, 15) is 0 Å². The summed E-state index contributed by atoms with van der Waals surface area (Å²) in [6, 6.07) is 0. The Morgan fingerprint density at radius 2 is 2.22 bits per heavy atom. The summed E-state index contributed by atoms with van der Waals surface area (Å²) in [6.45, 7) is 6.68. The molecule has 0 rings (SSSR count). The van der Waals surface area contributed by atoms with Crippen LogP contribution in [0.25, 0.3) is 0 Å². The maximum absolute atomic E-state index is 3.32. The van der Waals surface area contributed by atoms with E-state index in [0.717, 1.165) is 19.0 Å². The molecule has 56 valence electrons. The molecule has 9 heavy (non-hydrogen) atoms. The molecule has 1 unspecified atom stereocenters. The lowest BCUT2D eigenvalue weighted by atomic mass is 10.2. The van der Waals surface area contributed by atoms with Crippen LogP contribution in [-0.2, 0) is 0 Å². The molecule has 0 fully saturated rings. The van der Waals surface area contributed by atoms with Gasteiger partial charge in [0.15, 0.2) is 0 Å². The fourth-order valence-corrected chi connectivity index (χ4v) is 1.42. The third-order valence-electron chi connectivity index (χ3n) is 1.19. The highest BCUT2D eigenvalue weighted by Crippen LogP contribution is 2.01. The van der Waals surface area contributed by atoms with Crippen molar-refractivity contribution in [3.05, 3.63) is 0 Å². The normalized spacial score (nSPS) is 13.7. The van der Waals surface area contributed by atoms with Crippen LogP contribution in [0.1, 0.15) is 13.8 Å². The average Bonchev–Trinajstić information content (AvgIpc) is 1.85. The van der Waals surface area contributed by atoms with Crippen molar-refractivity contribution in [2.24, 2.45) is 5.92 Å². The first kappa shape index (κ1) is 9.31. The lowest BCUT2D eigenvalue weighted by Crippen LogP contribution is -2.21. The van der Waals surface area contributed by atoms with Crippen molar-refractivity contribution in [3.8, 4) is 0 Å². The minimum Gasteiger partial charge on any atom is -0.317 e. The van der Waals surface area contributed by atoms with Crippen LogP contribution in [0.4, 0.5) is 0 Å². The van der Waals surface area contributed by atoms with Crippen molar-refractivity contribution in [2.75, 3.05) is 25.1 Å². The summed E-state index contributed by atoms with van der Waals surface area (Å²) in [5, 5.41) is 3.32. The van der Waals surface area contributed by atoms with E-state index in [-0.39, 0.29) is 0 Å². The van der Waals surface area contributed by atoms with Crippen LogP contribution >= 0.6 is 11.8 Å². The molecule has 0 bridgehead atoms. The van der Waals surface area contributed by atoms with E-state index in [1.54, 1.807) is 0 Å². The van der Waals surface area contributed by atoms with Gasteiger partial charge in [0, 0.05) is 0 Å². The number of hydrogen-bond acceptors (Lipinski definition) is 2. The van der Waals surface area contributed by atoms with E-state index in [2.05, 4.69) is 25.4 Å². The van der Waals surface area contributed by atoms with Crippen LogP contribution in [0.3, 0.4) is 0 Å². The van der Waals surface area contributed by atoms with Crippen LogP contribution in [-0.4, -0.2) is 25.1 Å². The lowest BCUT2D eigenvalue weighted by molar-refractivity contribution is 0.574. The van der Waals surface area contributed by atoms with Gasteiger partial charge in [0.05, 0.1) is 0 Å². The Balaban J connectivity index is 2.95. The monoisotopic (exact) mass is 147 g/mol. The predicted molar refractivity (Wildman–Crippen MR) is 46.1 cm³/mol. The molecule has 1 nitrogen and oxygen atoms in total. The first-order chi connectivity index (χ1) is 4.31. The van der Waals surface area contributed by atoms with Gasteiger partial charge in [-0.2, -0.15) is 11.8 Å². The Kier molecular flexibility index (Phi) is 6.65. The first-order valence-electron chi connectivity index (χ1n) is 3.50. The zero-order valence-electron chi connectivity index (χ0n) is 6.61. The Hall–Kier alpha value is 0.310. The lowest BCUT2D eigenvalue weighted by Gasteiger charge is -2.08. The third-order valence-corrected chi connectivity index (χ3v) is 2.10. The Labute approximate surface area is 62.6 Å². The molecule has 1 N–H and O–H groups in total. The maximum Gasteiger partial charge on any atom is -0.00154 e. The quantitative estimate of drug-likeness (QED) is 0.634. The van der Waals surface area contributed by atoms with Gasteiger partial charge in [-0.25, -0.2) is 0 Å². The second-order valence-corrected chi connectivity index (χ2v) is 3.28. The molecule has 0 aliphatic carbocycles. The Morgan fingerprint density at radius 3 is 2.67 bits per heavy atom. The van der Waals surface area contributed by atoms with E-state index in [1.165, 1.54) is 5.75 Å². The number of nitrogens with one attached hydrogen (secondary N) is 1. The topological polar surface area (TPSA) is 12.0 Å². The maximum atomic E-state index is 3.32. The van der Waals surface area contributed by atoms with Crippen LogP contribution < -0.4 is 5.32 Å². The van der Waals surface area contributed by atoms with Crippen molar-refractivity contribution in [3.63, 3.8) is 0 Å². The minimum absolute atomic E-state index is 0.819. The molecule has 2 heteroatoms. The van der Waals surface area contributed by atoms with E-state index in [1.807, 2.05) is 11.8 Å².